The Balaban J connectivity index is 0.00000138. The van der Waals surface area contributed by atoms with E-state index in [0.29, 0.717) is 46.3 Å². The molecule has 6 nitrogen and oxygen atoms in total. The number of likely N-dealkylation sites (N-methyl/N-ethyl adjacent to an activating group) is 1. The predicted octanol–water partition coefficient (Wildman–Crippen LogP) is 7.16. The van der Waals surface area contributed by atoms with E-state index in [-0.39, 0.29) is 30.5 Å². The standard InChI is InChI=1S/C34H57N3O3.C2H6.CH4/c1-7-36-19-21-37(22-20-36)30(39)33-14-8-9-29(33)34(35-6)18-13-27-31(4)16-11-26(40-24(3)38)23(2)25(31)10-15-32(27,5)28(34)12-17-33;1-2;/h23,25-29,35H,7-22H2,1-6H3;1-2H3;1H4. The molecule has 6 aliphatic rings. The first-order chi connectivity index (χ1) is 20.1. The molecule has 10 unspecified atom stereocenters. The molecule has 6 heteroatoms. The number of hydrogen-bond donors (Lipinski definition) is 1. The molecule has 5 saturated carbocycles. The van der Waals surface area contributed by atoms with Gasteiger partial charge in [0.1, 0.15) is 6.10 Å². The molecule has 248 valence electrons. The molecule has 1 heterocycles. The highest BCUT2D eigenvalue weighted by atomic mass is 16.5. The molecule has 6 fully saturated rings. The molecule has 1 saturated heterocycles. The Morgan fingerprint density at radius 1 is 0.837 bits per heavy atom. The van der Waals surface area contributed by atoms with Gasteiger partial charge in [0.15, 0.2) is 0 Å². The number of nitrogens with one attached hydrogen (secondary N) is 1. The highest BCUT2D eigenvalue weighted by Gasteiger charge is 2.70. The van der Waals surface area contributed by atoms with Crippen LogP contribution >= 0.6 is 0 Å². The van der Waals surface area contributed by atoms with Crippen molar-refractivity contribution in [3.05, 3.63) is 0 Å². The molecule has 10 atom stereocenters. The summed E-state index contributed by atoms with van der Waals surface area (Å²) in [5.74, 6) is 3.23. The van der Waals surface area contributed by atoms with Gasteiger partial charge in [-0.1, -0.05) is 55.4 Å². The van der Waals surface area contributed by atoms with Crippen LogP contribution in [0.4, 0.5) is 0 Å². The average molecular weight is 602 g/mol. The Hall–Kier alpha value is -1.14. The molecule has 0 radical (unpaired) electrons. The van der Waals surface area contributed by atoms with Crippen LogP contribution in [0, 0.1) is 45.8 Å². The van der Waals surface area contributed by atoms with Crippen molar-refractivity contribution < 1.29 is 14.3 Å². The summed E-state index contributed by atoms with van der Waals surface area (Å²) in [7, 11) is 2.23. The van der Waals surface area contributed by atoms with Gasteiger partial charge in [-0.25, -0.2) is 0 Å². The van der Waals surface area contributed by atoms with E-state index in [2.05, 4.69) is 49.9 Å². The Morgan fingerprint density at radius 3 is 2.12 bits per heavy atom. The fourth-order valence-electron chi connectivity index (χ4n) is 12.7. The van der Waals surface area contributed by atoms with Gasteiger partial charge >= 0.3 is 5.97 Å². The van der Waals surface area contributed by atoms with E-state index in [1.807, 2.05) is 13.8 Å². The van der Waals surface area contributed by atoms with Crippen LogP contribution in [0.15, 0.2) is 0 Å². The molecule has 0 aromatic carbocycles. The molecular weight excluding hydrogens is 534 g/mol. The van der Waals surface area contributed by atoms with Gasteiger partial charge < -0.3 is 19.9 Å². The normalized spacial score (nSPS) is 45.6. The van der Waals surface area contributed by atoms with Crippen molar-refractivity contribution in [1.29, 1.82) is 0 Å². The molecule has 1 N–H and O–H groups in total. The largest absolute Gasteiger partial charge is 0.462 e. The zero-order valence-electron chi connectivity index (χ0n) is 28.4. The van der Waals surface area contributed by atoms with Crippen molar-refractivity contribution in [2.45, 2.75) is 138 Å². The lowest BCUT2D eigenvalue weighted by Crippen LogP contribution is -2.72. The zero-order chi connectivity index (χ0) is 30.5. The van der Waals surface area contributed by atoms with Crippen molar-refractivity contribution >= 4 is 11.9 Å². The summed E-state index contributed by atoms with van der Waals surface area (Å²) in [5.41, 5.74) is 0.520. The number of hydrogen-bond acceptors (Lipinski definition) is 5. The number of ether oxygens (including phenoxy) is 1. The molecule has 0 aromatic rings. The van der Waals surface area contributed by atoms with E-state index in [4.69, 9.17) is 4.74 Å². The maximum Gasteiger partial charge on any atom is 0.302 e. The van der Waals surface area contributed by atoms with E-state index >= 15 is 0 Å². The van der Waals surface area contributed by atoms with Gasteiger partial charge in [-0.3, -0.25) is 9.59 Å². The molecule has 1 amide bonds. The van der Waals surface area contributed by atoms with Crippen LogP contribution < -0.4 is 5.32 Å². The molecule has 1 aliphatic heterocycles. The Kier molecular flexibility index (Phi) is 10.4. The van der Waals surface area contributed by atoms with Crippen LogP contribution in [-0.2, 0) is 14.3 Å². The summed E-state index contributed by atoms with van der Waals surface area (Å²) in [5, 5.41) is 4.03. The second-order valence-corrected chi connectivity index (χ2v) is 15.5. The third-order valence-electron chi connectivity index (χ3n) is 14.5. The number of nitrogens with zero attached hydrogens (tertiary/aromatic N) is 2. The topological polar surface area (TPSA) is 61.9 Å². The maximum atomic E-state index is 14.5. The molecule has 6 rings (SSSR count). The summed E-state index contributed by atoms with van der Waals surface area (Å²) >= 11 is 0. The minimum Gasteiger partial charge on any atom is -0.462 e. The summed E-state index contributed by atoms with van der Waals surface area (Å²) in [6.45, 7) is 20.4. The number of carbonyl (C=O) groups excluding carboxylic acids is 2. The van der Waals surface area contributed by atoms with Crippen molar-refractivity contribution in [1.82, 2.24) is 15.1 Å². The molecule has 5 aliphatic carbocycles. The average Bonchev–Trinajstić information content (AvgIpc) is 3.45. The summed E-state index contributed by atoms with van der Waals surface area (Å²) in [6.07, 6.45) is 13.0. The van der Waals surface area contributed by atoms with Gasteiger partial charge in [-0.2, -0.15) is 0 Å². The number of piperazine rings is 1. The van der Waals surface area contributed by atoms with Gasteiger partial charge in [0, 0.05) is 38.6 Å². The molecule has 0 aromatic heterocycles. The lowest BCUT2D eigenvalue weighted by atomic mass is 9.36. The lowest BCUT2D eigenvalue weighted by molar-refractivity contribution is -0.212. The van der Waals surface area contributed by atoms with Crippen molar-refractivity contribution in [3.8, 4) is 0 Å². The first-order valence-corrected chi connectivity index (χ1v) is 17.9. The fourth-order valence-corrected chi connectivity index (χ4v) is 12.7. The van der Waals surface area contributed by atoms with Gasteiger partial charge in [-0.15, -0.1) is 0 Å². The third kappa shape index (κ3) is 5.21. The molecule has 0 spiro atoms. The maximum absolute atomic E-state index is 14.5. The van der Waals surface area contributed by atoms with Crippen LogP contribution in [0.2, 0.25) is 0 Å². The second kappa shape index (κ2) is 12.9. The SMILES string of the molecule is C.CC.CCN1CCN(C(=O)C23CCCC2C2(NC)CCC4C5(C)CCC(OC(C)=O)C(C)C5CCC4(C)C2CC3)CC1. The van der Waals surface area contributed by atoms with Crippen LogP contribution in [0.3, 0.4) is 0 Å². The van der Waals surface area contributed by atoms with E-state index in [1.165, 1.54) is 51.4 Å². The van der Waals surface area contributed by atoms with Crippen LogP contribution in [0.1, 0.15) is 127 Å². The highest BCUT2D eigenvalue weighted by molar-refractivity contribution is 5.84. The number of amides is 1. The van der Waals surface area contributed by atoms with Crippen molar-refractivity contribution in [2.75, 3.05) is 39.8 Å². The van der Waals surface area contributed by atoms with Crippen molar-refractivity contribution in [2.24, 2.45) is 45.8 Å². The van der Waals surface area contributed by atoms with Gasteiger partial charge in [-0.05, 0) is 118 Å². The summed E-state index contributed by atoms with van der Waals surface area (Å²) in [4.78, 5) is 31.1. The second-order valence-electron chi connectivity index (χ2n) is 15.5. The molecule has 0 bridgehead atoms. The van der Waals surface area contributed by atoms with Crippen LogP contribution in [0.5, 0.6) is 0 Å². The van der Waals surface area contributed by atoms with Crippen molar-refractivity contribution in [3.63, 3.8) is 0 Å². The number of fused-ring (bicyclic) bond motifs is 7. The Morgan fingerprint density at radius 2 is 1.49 bits per heavy atom. The Labute approximate surface area is 264 Å². The van der Waals surface area contributed by atoms with Gasteiger partial charge in [0.25, 0.3) is 0 Å². The summed E-state index contributed by atoms with van der Waals surface area (Å²) < 4.78 is 5.83. The minimum atomic E-state index is -0.158. The molecule has 43 heavy (non-hydrogen) atoms. The monoisotopic (exact) mass is 602 g/mol. The lowest BCUT2D eigenvalue weighted by Gasteiger charge is -2.71. The van der Waals surface area contributed by atoms with E-state index in [0.717, 1.165) is 52.0 Å². The third-order valence-corrected chi connectivity index (χ3v) is 14.5. The zero-order valence-corrected chi connectivity index (χ0v) is 28.4. The smallest absolute Gasteiger partial charge is 0.302 e. The fraction of sp³-hybridized carbons (Fsp3) is 0.946. The number of carbonyl (C=O) groups is 2. The van der Waals surface area contributed by atoms with Gasteiger partial charge in [0.05, 0.1) is 5.41 Å². The predicted molar refractivity (Wildman–Crippen MR) is 177 cm³/mol. The van der Waals surface area contributed by atoms with Crippen LogP contribution in [-0.4, -0.2) is 73.1 Å². The highest BCUT2D eigenvalue weighted by Crippen LogP contribution is 2.73. The number of rotatable bonds is 4. The minimum absolute atomic E-state index is 0. The first-order valence-electron chi connectivity index (χ1n) is 17.9. The van der Waals surface area contributed by atoms with E-state index < -0.39 is 0 Å². The van der Waals surface area contributed by atoms with Gasteiger partial charge in [0.2, 0.25) is 5.91 Å². The first kappa shape index (κ1) is 34.7. The van der Waals surface area contributed by atoms with Crippen LogP contribution in [0.25, 0.3) is 0 Å². The Bertz CT molecular complexity index is 996. The van der Waals surface area contributed by atoms with E-state index in [9.17, 15) is 9.59 Å². The number of esters is 1. The summed E-state index contributed by atoms with van der Waals surface area (Å²) in [6, 6.07) is 0. The quantitative estimate of drug-likeness (QED) is 0.347. The molecular formula is C37H67N3O3. The van der Waals surface area contributed by atoms with E-state index in [1.54, 1.807) is 6.92 Å².